The molecule has 1 atom stereocenters. The summed E-state index contributed by atoms with van der Waals surface area (Å²) in [5, 5.41) is 3.49. The largest absolute Gasteiger partial charge is 0.464 e. The number of nitrogens with one attached hydrogen (secondary N) is 1. The zero-order chi connectivity index (χ0) is 14.2. The van der Waals surface area contributed by atoms with Gasteiger partial charge in [0.1, 0.15) is 5.76 Å². The lowest BCUT2D eigenvalue weighted by Crippen LogP contribution is -2.16. The summed E-state index contributed by atoms with van der Waals surface area (Å²) in [6.45, 7) is 8.01. The summed E-state index contributed by atoms with van der Waals surface area (Å²) < 4.78 is 5.38. The molecule has 1 N–H and O–H groups in total. The molecule has 0 radical (unpaired) electrons. The first kappa shape index (κ1) is 14.6. The number of allylic oxidation sites excluding steroid dienone is 1. The third-order valence-corrected chi connectivity index (χ3v) is 3.47. The molecule has 0 saturated carbocycles. The van der Waals surface area contributed by atoms with Gasteiger partial charge in [-0.25, -0.2) is 0 Å². The summed E-state index contributed by atoms with van der Waals surface area (Å²) in [6, 6.07) is 12.4. The maximum atomic E-state index is 5.38. The van der Waals surface area contributed by atoms with Crippen LogP contribution in [0.4, 0.5) is 0 Å². The van der Waals surface area contributed by atoms with Crippen molar-refractivity contribution in [2.45, 2.75) is 26.3 Å². The number of hydrogen-bond donors (Lipinski definition) is 1. The molecule has 0 spiro atoms. The lowest BCUT2D eigenvalue weighted by molar-refractivity contribution is 0.506. The molecule has 20 heavy (non-hydrogen) atoms. The van der Waals surface area contributed by atoms with Crippen molar-refractivity contribution in [3.63, 3.8) is 0 Å². The molecule has 0 aliphatic rings. The minimum absolute atomic E-state index is 0.710. The summed E-state index contributed by atoms with van der Waals surface area (Å²) >= 11 is 0. The molecule has 1 aromatic carbocycles. The van der Waals surface area contributed by atoms with Gasteiger partial charge >= 0.3 is 0 Å². The standard InChI is InChI=1S/C18H23NO/c1-3-5-15(2)11-12-19-14-16-7-9-17(10-8-16)18-6-4-13-20-18/h3-4,6-10,13,15,19H,1,5,11-12,14H2,2H3. The smallest absolute Gasteiger partial charge is 0.133 e. The monoisotopic (exact) mass is 269 g/mol. The van der Waals surface area contributed by atoms with Gasteiger partial charge in [-0.05, 0) is 43.0 Å². The van der Waals surface area contributed by atoms with Crippen LogP contribution in [0.1, 0.15) is 25.3 Å². The molecule has 0 bridgehead atoms. The average molecular weight is 269 g/mol. The number of furan rings is 1. The van der Waals surface area contributed by atoms with Crippen LogP contribution in [0, 0.1) is 5.92 Å². The first-order valence-electron chi connectivity index (χ1n) is 7.24. The summed E-state index contributed by atoms with van der Waals surface area (Å²) in [5.74, 6) is 1.63. The second-order valence-corrected chi connectivity index (χ2v) is 5.27. The Balaban J connectivity index is 1.75. The zero-order valence-corrected chi connectivity index (χ0v) is 12.1. The van der Waals surface area contributed by atoms with Crippen LogP contribution in [0.3, 0.4) is 0 Å². The average Bonchev–Trinajstić information content (AvgIpc) is 2.99. The van der Waals surface area contributed by atoms with Crippen molar-refractivity contribution >= 4 is 0 Å². The Hall–Kier alpha value is -1.80. The summed E-state index contributed by atoms with van der Waals surface area (Å²) in [5.41, 5.74) is 2.43. The fraction of sp³-hybridized carbons (Fsp3) is 0.333. The molecule has 0 fully saturated rings. The first-order valence-corrected chi connectivity index (χ1v) is 7.24. The van der Waals surface area contributed by atoms with E-state index in [0.717, 1.165) is 30.8 Å². The second kappa shape index (κ2) is 7.71. The lowest BCUT2D eigenvalue weighted by Gasteiger charge is -2.10. The zero-order valence-electron chi connectivity index (χ0n) is 12.1. The Labute approximate surface area is 121 Å². The van der Waals surface area contributed by atoms with Crippen LogP contribution in [0.15, 0.2) is 59.7 Å². The maximum Gasteiger partial charge on any atom is 0.133 e. The topological polar surface area (TPSA) is 25.2 Å². The van der Waals surface area contributed by atoms with Crippen molar-refractivity contribution < 1.29 is 4.42 Å². The highest BCUT2D eigenvalue weighted by molar-refractivity contribution is 5.57. The fourth-order valence-corrected chi connectivity index (χ4v) is 2.21. The Morgan fingerprint density at radius 2 is 2.05 bits per heavy atom. The molecule has 2 heteroatoms. The molecule has 2 rings (SSSR count). The van der Waals surface area contributed by atoms with E-state index in [2.05, 4.69) is 43.1 Å². The van der Waals surface area contributed by atoms with Crippen LogP contribution >= 0.6 is 0 Å². The van der Waals surface area contributed by atoms with Gasteiger partial charge in [-0.3, -0.25) is 0 Å². The predicted octanol–water partition coefficient (Wildman–Crippen LogP) is 4.64. The van der Waals surface area contributed by atoms with Gasteiger partial charge in [0, 0.05) is 12.1 Å². The van der Waals surface area contributed by atoms with Crippen molar-refractivity contribution in [3.05, 3.63) is 60.9 Å². The van der Waals surface area contributed by atoms with E-state index in [1.165, 1.54) is 12.0 Å². The quantitative estimate of drug-likeness (QED) is 0.558. The van der Waals surface area contributed by atoms with Gasteiger partial charge in [0.15, 0.2) is 0 Å². The van der Waals surface area contributed by atoms with E-state index in [4.69, 9.17) is 4.42 Å². The van der Waals surface area contributed by atoms with Crippen LogP contribution in [-0.2, 0) is 6.54 Å². The highest BCUT2D eigenvalue weighted by atomic mass is 16.3. The Bertz CT molecular complexity index is 499. The Morgan fingerprint density at radius 1 is 1.25 bits per heavy atom. The molecule has 0 amide bonds. The highest BCUT2D eigenvalue weighted by Gasteiger charge is 2.01. The van der Waals surface area contributed by atoms with Crippen LogP contribution in [0.5, 0.6) is 0 Å². The number of hydrogen-bond acceptors (Lipinski definition) is 2. The molecule has 106 valence electrons. The SMILES string of the molecule is C=CCC(C)CCNCc1ccc(-c2ccco2)cc1. The molecule has 2 nitrogen and oxygen atoms in total. The highest BCUT2D eigenvalue weighted by Crippen LogP contribution is 2.19. The predicted molar refractivity (Wildman–Crippen MR) is 84.4 cm³/mol. The summed E-state index contributed by atoms with van der Waals surface area (Å²) in [7, 11) is 0. The molecule has 0 aliphatic carbocycles. The van der Waals surface area contributed by atoms with Crippen molar-refractivity contribution in [3.8, 4) is 11.3 Å². The van der Waals surface area contributed by atoms with Crippen LogP contribution in [-0.4, -0.2) is 6.54 Å². The molecule has 2 aromatic rings. The maximum absolute atomic E-state index is 5.38. The van der Waals surface area contributed by atoms with E-state index in [1.54, 1.807) is 6.26 Å². The summed E-state index contributed by atoms with van der Waals surface area (Å²) in [4.78, 5) is 0. The van der Waals surface area contributed by atoms with Crippen LogP contribution in [0.2, 0.25) is 0 Å². The lowest BCUT2D eigenvalue weighted by atomic mass is 10.0. The molecule has 0 saturated heterocycles. The van der Waals surface area contributed by atoms with E-state index < -0.39 is 0 Å². The third kappa shape index (κ3) is 4.39. The second-order valence-electron chi connectivity index (χ2n) is 5.27. The molecular formula is C18H23NO. The van der Waals surface area contributed by atoms with Crippen molar-refractivity contribution in [1.29, 1.82) is 0 Å². The van der Waals surface area contributed by atoms with Crippen molar-refractivity contribution in [2.24, 2.45) is 5.92 Å². The molecule has 1 heterocycles. The molecule has 1 unspecified atom stereocenters. The van der Waals surface area contributed by atoms with Crippen LogP contribution < -0.4 is 5.32 Å². The fourth-order valence-electron chi connectivity index (χ4n) is 2.21. The molecule has 0 aliphatic heterocycles. The van der Waals surface area contributed by atoms with E-state index in [0.29, 0.717) is 5.92 Å². The van der Waals surface area contributed by atoms with Gasteiger partial charge in [-0.2, -0.15) is 0 Å². The van der Waals surface area contributed by atoms with Gasteiger partial charge < -0.3 is 9.73 Å². The first-order chi connectivity index (χ1) is 9.79. The van der Waals surface area contributed by atoms with Crippen molar-refractivity contribution in [2.75, 3.05) is 6.54 Å². The minimum atomic E-state index is 0.710. The Kier molecular flexibility index (Phi) is 5.63. The van der Waals surface area contributed by atoms with E-state index in [-0.39, 0.29) is 0 Å². The van der Waals surface area contributed by atoms with Crippen molar-refractivity contribution in [1.82, 2.24) is 5.32 Å². The molecule has 1 aromatic heterocycles. The van der Waals surface area contributed by atoms with E-state index >= 15 is 0 Å². The third-order valence-electron chi connectivity index (χ3n) is 3.47. The van der Waals surface area contributed by atoms with Gasteiger partial charge in [-0.15, -0.1) is 6.58 Å². The van der Waals surface area contributed by atoms with Gasteiger partial charge in [0.25, 0.3) is 0 Å². The number of benzene rings is 1. The van der Waals surface area contributed by atoms with Gasteiger partial charge in [0.05, 0.1) is 6.26 Å². The summed E-state index contributed by atoms with van der Waals surface area (Å²) in [6.07, 6.45) is 5.99. The van der Waals surface area contributed by atoms with Gasteiger partial charge in [-0.1, -0.05) is 37.3 Å². The van der Waals surface area contributed by atoms with Gasteiger partial charge in [0.2, 0.25) is 0 Å². The molecular weight excluding hydrogens is 246 g/mol. The normalized spacial score (nSPS) is 12.2. The van der Waals surface area contributed by atoms with E-state index in [1.807, 2.05) is 18.2 Å². The number of rotatable bonds is 8. The minimum Gasteiger partial charge on any atom is -0.464 e. The van der Waals surface area contributed by atoms with Crippen LogP contribution in [0.25, 0.3) is 11.3 Å². The van der Waals surface area contributed by atoms with E-state index in [9.17, 15) is 0 Å². The Morgan fingerprint density at radius 3 is 2.70 bits per heavy atom.